The van der Waals surface area contributed by atoms with Crippen LogP contribution in [0.5, 0.6) is 0 Å². The largest absolute Gasteiger partial charge is 0.388 e. The molecule has 3 nitrogen and oxygen atoms in total. The van der Waals surface area contributed by atoms with Crippen molar-refractivity contribution < 1.29 is 5.11 Å². The fourth-order valence-corrected chi connectivity index (χ4v) is 2.44. The van der Waals surface area contributed by atoms with Gasteiger partial charge in [-0.25, -0.2) is 0 Å². The molecule has 2 rings (SSSR count). The topological polar surface area (TPSA) is 44.3 Å². The monoisotopic (exact) mass is 274 g/mol. The van der Waals surface area contributed by atoms with Crippen LogP contribution in [0.4, 0.5) is 5.69 Å². The first-order chi connectivity index (χ1) is 8.09. The summed E-state index contributed by atoms with van der Waals surface area (Å²) in [5, 5.41) is 17.9. The number of rotatable bonds is 3. The molecule has 1 aliphatic heterocycles. The van der Waals surface area contributed by atoms with Crippen LogP contribution in [0, 0.1) is 0 Å². The van der Waals surface area contributed by atoms with E-state index in [0.29, 0.717) is 16.6 Å². The normalized spacial score (nSPS) is 19.0. The van der Waals surface area contributed by atoms with Crippen molar-refractivity contribution in [2.75, 3.05) is 25.0 Å². The summed E-state index contributed by atoms with van der Waals surface area (Å²) in [5.74, 6) is 0. The molecule has 1 saturated heterocycles. The highest BCUT2D eigenvalue weighted by Gasteiger charge is 2.28. The number of benzene rings is 1. The molecular weight excluding hydrogens is 259 g/mol. The average molecular weight is 275 g/mol. The molecule has 17 heavy (non-hydrogen) atoms. The number of hydrogen-bond acceptors (Lipinski definition) is 3. The van der Waals surface area contributed by atoms with Gasteiger partial charge in [-0.1, -0.05) is 23.2 Å². The van der Waals surface area contributed by atoms with Crippen molar-refractivity contribution in [3.05, 3.63) is 28.2 Å². The summed E-state index contributed by atoms with van der Waals surface area (Å²) >= 11 is 11.9. The van der Waals surface area contributed by atoms with E-state index in [2.05, 4.69) is 10.6 Å². The third kappa shape index (κ3) is 3.49. The molecule has 0 amide bonds. The van der Waals surface area contributed by atoms with Gasteiger partial charge in [0.15, 0.2) is 0 Å². The molecule has 0 aromatic heterocycles. The van der Waals surface area contributed by atoms with Gasteiger partial charge < -0.3 is 15.7 Å². The van der Waals surface area contributed by atoms with Crippen molar-refractivity contribution in [1.82, 2.24) is 5.32 Å². The highest BCUT2D eigenvalue weighted by molar-refractivity contribution is 6.36. The molecule has 1 aliphatic rings. The quantitative estimate of drug-likeness (QED) is 0.794. The molecule has 0 unspecified atom stereocenters. The van der Waals surface area contributed by atoms with Crippen LogP contribution in [0.15, 0.2) is 18.2 Å². The fraction of sp³-hybridized carbons (Fsp3) is 0.500. The SMILES string of the molecule is OC1(CNc2ccc(Cl)cc2Cl)CCNCC1. The Balaban J connectivity index is 1.97. The predicted octanol–water partition coefficient (Wildman–Crippen LogP) is 2.52. The lowest BCUT2D eigenvalue weighted by atomic mass is 9.92. The maximum absolute atomic E-state index is 10.3. The van der Waals surface area contributed by atoms with Crippen molar-refractivity contribution in [3.8, 4) is 0 Å². The van der Waals surface area contributed by atoms with Crippen LogP contribution in [0.3, 0.4) is 0 Å². The number of aliphatic hydroxyl groups is 1. The summed E-state index contributed by atoms with van der Waals surface area (Å²) in [4.78, 5) is 0. The summed E-state index contributed by atoms with van der Waals surface area (Å²) in [6.45, 7) is 2.22. The Hall–Kier alpha value is -0.480. The lowest BCUT2D eigenvalue weighted by molar-refractivity contribution is 0.0232. The molecule has 0 spiro atoms. The Kier molecular flexibility index (Phi) is 4.15. The molecule has 0 radical (unpaired) electrons. The standard InChI is InChI=1S/C12H16Cl2N2O/c13-9-1-2-11(10(14)7-9)16-8-12(17)3-5-15-6-4-12/h1-2,7,15-17H,3-6,8H2. The van der Waals surface area contributed by atoms with E-state index in [1.54, 1.807) is 12.1 Å². The number of hydrogen-bond donors (Lipinski definition) is 3. The van der Waals surface area contributed by atoms with Crippen LogP contribution < -0.4 is 10.6 Å². The van der Waals surface area contributed by atoms with Gasteiger partial charge in [-0.3, -0.25) is 0 Å². The van der Waals surface area contributed by atoms with Crippen LogP contribution in [0.25, 0.3) is 0 Å². The van der Waals surface area contributed by atoms with Crippen molar-refractivity contribution in [2.45, 2.75) is 18.4 Å². The second-order valence-corrected chi connectivity index (χ2v) is 5.30. The van der Waals surface area contributed by atoms with Crippen LogP contribution in [-0.4, -0.2) is 30.3 Å². The molecule has 94 valence electrons. The minimum atomic E-state index is -0.645. The maximum Gasteiger partial charge on any atom is 0.0843 e. The van der Waals surface area contributed by atoms with Crippen molar-refractivity contribution in [2.24, 2.45) is 0 Å². The Labute approximate surface area is 111 Å². The van der Waals surface area contributed by atoms with E-state index in [1.165, 1.54) is 0 Å². The van der Waals surface area contributed by atoms with Gasteiger partial charge in [0.05, 0.1) is 16.3 Å². The van der Waals surface area contributed by atoms with Crippen LogP contribution in [0.1, 0.15) is 12.8 Å². The zero-order valence-electron chi connectivity index (χ0n) is 9.47. The van der Waals surface area contributed by atoms with Crippen LogP contribution in [-0.2, 0) is 0 Å². The van der Waals surface area contributed by atoms with Gasteiger partial charge in [0.2, 0.25) is 0 Å². The van der Waals surface area contributed by atoms with E-state index in [9.17, 15) is 5.11 Å². The zero-order valence-corrected chi connectivity index (χ0v) is 11.0. The third-order valence-corrected chi connectivity index (χ3v) is 3.62. The van der Waals surface area contributed by atoms with E-state index in [0.717, 1.165) is 31.6 Å². The van der Waals surface area contributed by atoms with Gasteiger partial charge in [0.1, 0.15) is 0 Å². The molecule has 1 heterocycles. The predicted molar refractivity (Wildman–Crippen MR) is 72.0 cm³/mol. The first-order valence-corrected chi connectivity index (χ1v) is 6.47. The summed E-state index contributed by atoms with van der Waals surface area (Å²) < 4.78 is 0. The molecule has 3 N–H and O–H groups in total. The van der Waals surface area contributed by atoms with E-state index in [-0.39, 0.29) is 0 Å². The van der Waals surface area contributed by atoms with E-state index < -0.39 is 5.60 Å². The number of halogens is 2. The van der Waals surface area contributed by atoms with Gasteiger partial charge in [-0.05, 0) is 44.1 Å². The molecule has 1 fully saturated rings. The van der Waals surface area contributed by atoms with Gasteiger partial charge in [-0.2, -0.15) is 0 Å². The Bertz CT molecular complexity index is 392. The first-order valence-electron chi connectivity index (χ1n) is 5.71. The lowest BCUT2D eigenvalue weighted by Gasteiger charge is -2.33. The second kappa shape index (κ2) is 5.44. The first kappa shape index (κ1) is 13.0. The Morgan fingerprint density at radius 1 is 1.29 bits per heavy atom. The second-order valence-electron chi connectivity index (χ2n) is 4.45. The fourth-order valence-electron chi connectivity index (χ4n) is 1.96. The minimum absolute atomic E-state index is 0.510. The lowest BCUT2D eigenvalue weighted by Crippen LogP contribution is -2.46. The highest BCUT2D eigenvalue weighted by atomic mass is 35.5. The minimum Gasteiger partial charge on any atom is -0.388 e. The molecular formula is C12H16Cl2N2O. The third-order valence-electron chi connectivity index (χ3n) is 3.07. The van der Waals surface area contributed by atoms with Gasteiger partial charge >= 0.3 is 0 Å². The summed E-state index contributed by atoms with van der Waals surface area (Å²) in [6, 6.07) is 5.30. The number of piperidine rings is 1. The van der Waals surface area contributed by atoms with Crippen LogP contribution in [0.2, 0.25) is 10.0 Å². The molecule has 0 aliphatic carbocycles. The van der Waals surface area contributed by atoms with Crippen LogP contribution >= 0.6 is 23.2 Å². The highest BCUT2D eigenvalue weighted by Crippen LogP contribution is 2.27. The van der Waals surface area contributed by atoms with Crippen molar-refractivity contribution in [1.29, 1.82) is 0 Å². The molecule has 5 heteroatoms. The van der Waals surface area contributed by atoms with Gasteiger partial charge in [0, 0.05) is 11.6 Å². The molecule has 0 bridgehead atoms. The number of nitrogens with one attached hydrogen (secondary N) is 2. The zero-order chi connectivity index (χ0) is 12.3. The summed E-state index contributed by atoms with van der Waals surface area (Å²) in [6.07, 6.45) is 1.51. The molecule has 1 aromatic carbocycles. The average Bonchev–Trinajstić information content (AvgIpc) is 2.29. The molecule has 0 atom stereocenters. The Morgan fingerprint density at radius 2 is 2.00 bits per heavy atom. The number of anilines is 1. The maximum atomic E-state index is 10.3. The Morgan fingerprint density at radius 3 is 2.65 bits per heavy atom. The van der Waals surface area contributed by atoms with Crippen molar-refractivity contribution in [3.63, 3.8) is 0 Å². The molecule has 0 saturated carbocycles. The van der Waals surface area contributed by atoms with Gasteiger partial charge in [-0.15, -0.1) is 0 Å². The van der Waals surface area contributed by atoms with E-state index in [4.69, 9.17) is 23.2 Å². The smallest absolute Gasteiger partial charge is 0.0843 e. The summed E-state index contributed by atoms with van der Waals surface area (Å²) in [7, 11) is 0. The van der Waals surface area contributed by atoms with E-state index >= 15 is 0 Å². The summed E-state index contributed by atoms with van der Waals surface area (Å²) in [5.41, 5.74) is 0.164. The van der Waals surface area contributed by atoms with Gasteiger partial charge in [0.25, 0.3) is 0 Å². The van der Waals surface area contributed by atoms with E-state index in [1.807, 2.05) is 6.07 Å². The molecule has 1 aromatic rings. The van der Waals surface area contributed by atoms with Crippen molar-refractivity contribution >= 4 is 28.9 Å².